The van der Waals surface area contributed by atoms with Crippen LogP contribution in [0.2, 0.25) is 0 Å². The van der Waals surface area contributed by atoms with Crippen LogP contribution in [-0.4, -0.2) is 5.11 Å². The topological polar surface area (TPSA) is 20.2 Å². The van der Waals surface area contributed by atoms with Gasteiger partial charge in [-0.15, -0.1) is 0 Å². The summed E-state index contributed by atoms with van der Waals surface area (Å²) in [6.45, 7) is 6.39. The highest BCUT2D eigenvalue weighted by atomic mass is 16.3. The molecule has 0 aromatic heterocycles. The van der Waals surface area contributed by atoms with Crippen molar-refractivity contribution in [3.63, 3.8) is 0 Å². The predicted octanol–water partition coefficient (Wildman–Crippen LogP) is 4.23. The van der Waals surface area contributed by atoms with E-state index in [1.807, 2.05) is 12.1 Å². The van der Waals surface area contributed by atoms with Crippen molar-refractivity contribution in [2.45, 2.75) is 33.3 Å². The zero-order chi connectivity index (χ0) is 12.4. The molecule has 0 aliphatic heterocycles. The molecule has 1 unspecified atom stereocenters. The Balaban J connectivity index is 2.51. The molecule has 0 aliphatic carbocycles. The highest BCUT2D eigenvalue weighted by Gasteiger charge is 2.13. The van der Waals surface area contributed by atoms with Gasteiger partial charge in [0.1, 0.15) is 0 Å². The van der Waals surface area contributed by atoms with Gasteiger partial charge in [-0.25, -0.2) is 0 Å². The van der Waals surface area contributed by atoms with E-state index in [0.717, 1.165) is 12.0 Å². The standard InChI is InChI=1S/C16H20O/c1-11(2)10-16(17)15-9-8-12(3)13-6-4-5-7-14(13)15/h4-9,11,16-17H,10H2,1-3H3. The molecule has 1 heteroatoms. The number of aliphatic hydroxyl groups is 1. The van der Waals surface area contributed by atoms with Gasteiger partial charge in [-0.3, -0.25) is 0 Å². The molecule has 2 rings (SSSR count). The quantitative estimate of drug-likeness (QED) is 0.833. The van der Waals surface area contributed by atoms with Crippen molar-refractivity contribution >= 4 is 10.8 Å². The lowest BCUT2D eigenvalue weighted by molar-refractivity contribution is 0.152. The zero-order valence-corrected chi connectivity index (χ0v) is 10.8. The van der Waals surface area contributed by atoms with Crippen LogP contribution in [0.15, 0.2) is 36.4 Å². The number of hydrogen-bond acceptors (Lipinski definition) is 1. The molecule has 0 aliphatic rings. The molecule has 1 atom stereocenters. The van der Waals surface area contributed by atoms with E-state index in [9.17, 15) is 5.11 Å². The third kappa shape index (κ3) is 2.50. The van der Waals surface area contributed by atoms with E-state index in [1.165, 1.54) is 16.3 Å². The van der Waals surface area contributed by atoms with Crippen molar-refractivity contribution in [1.82, 2.24) is 0 Å². The molecule has 2 aromatic carbocycles. The monoisotopic (exact) mass is 228 g/mol. The minimum atomic E-state index is -0.361. The lowest BCUT2D eigenvalue weighted by Gasteiger charge is -2.16. The van der Waals surface area contributed by atoms with E-state index in [4.69, 9.17) is 0 Å². The average Bonchev–Trinajstić information content (AvgIpc) is 2.29. The van der Waals surface area contributed by atoms with Crippen LogP contribution in [0.1, 0.15) is 37.5 Å². The van der Waals surface area contributed by atoms with Crippen LogP contribution in [0.4, 0.5) is 0 Å². The maximum absolute atomic E-state index is 10.3. The van der Waals surface area contributed by atoms with Crippen LogP contribution in [0.25, 0.3) is 10.8 Å². The molecule has 0 bridgehead atoms. The lowest BCUT2D eigenvalue weighted by Crippen LogP contribution is -2.03. The number of rotatable bonds is 3. The van der Waals surface area contributed by atoms with E-state index in [0.29, 0.717) is 5.92 Å². The summed E-state index contributed by atoms with van der Waals surface area (Å²) in [6, 6.07) is 12.5. The van der Waals surface area contributed by atoms with Crippen LogP contribution >= 0.6 is 0 Å². The Morgan fingerprint density at radius 1 is 1.00 bits per heavy atom. The predicted molar refractivity (Wildman–Crippen MR) is 73.1 cm³/mol. The molecule has 0 fully saturated rings. The van der Waals surface area contributed by atoms with Crippen molar-refractivity contribution in [2.24, 2.45) is 5.92 Å². The number of benzene rings is 2. The van der Waals surface area contributed by atoms with Gasteiger partial charge in [-0.05, 0) is 41.2 Å². The fourth-order valence-corrected chi connectivity index (χ4v) is 2.34. The number of aliphatic hydroxyl groups excluding tert-OH is 1. The average molecular weight is 228 g/mol. The number of hydrogen-bond donors (Lipinski definition) is 1. The van der Waals surface area contributed by atoms with Gasteiger partial charge < -0.3 is 5.11 Å². The summed E-state index contributed by atoms with van der Waals surface area (Å²) < 4.78 is 0. The maximum Gasteiger partial charge on any atom is 0.0798 e. The van der Waals surface area contributed by atoms with E-state index in [1.54, 1.807) is 0 Å². The molecule has 0 radical (unpaired) electrons. The SMILES string of the molecule is Cc1ccc(C(O)CC(C)C)c2ccccc12. The maximum atomic E-state index is 10.3. The Morgan fingerprint density at radius 2 is 1.65 bits per heavy atom. The molecule has 90 valence electrons. The van der Waals surface area contributed by atoms with E-state index >= 15 is 0 Å². The molecular weight excluding hydrogens is 208 g/mol. The molecule has 0 heterocycles. The normalized spacial score (nSPS) is 13.2. The van der Waals surface area contributed by atoms with Gasteiger partial charge in [-0.2, -0.15) is 0 Å². The van der Waals surface area contributed by atoms with Crippen molar-refractivity contribution in [2.75, 3.05) is 0 Å². The van der Waals surface area contributed by atoms with Gasteiger partial charge in [0.2, 0.25) is 0 Å². The van der Waals surface area contributed by atoms with Crippen LogP contribution in [-0.2, 0) is 0 Å². The van der Waals surface area contributed by atoms with Crippen LogP contribution in [0.3, 0.4) is 0 Å². The van der Waals surface area contributed by atoms with Gasteiger partial charge in [0.25, 0.3) is 0 Å². The summed E-state index contributed by atoms with van der Waals surface area (Å²) >= 11 is 0. The van der Waals surface area contributed by atoms with Gasteiger partial charge >= 0.3 is 0 Å². The van der Waals surface area contributed by atoms with E-state index in [2.05, 4.69) is 45.0 Å². The molecular formula is C16H20O. The van der Waals surface area contributed by atoms with Crippen LogP contribution < -0.4 is 0 Å². The second-order valence-electron chi connectivity index (χ2n) is 5.16. The molecule has 0 spiro atoms. The number of aryl methyl sites for hydroxylation is 1. The Labute approximate surface area is 103 Å². The third-order valence-corrected chi connectivity index (χ3v) is 3.23. The summed E-state index contributed by atoms with van der Waals surface area (Å²) in [5.41, 5.74) is 2.32. The Bertz CT molecular complexity index is 514. The van der Waals surface area contributed by atoms with E-state index in [-0.39, 0.29) is 6.10 Å². The number of fused-ring (bicyclic) bond motifs is 1. The molecule has 17 heavy (non-hydrogen) atoms. The van der Waals surface area contributed by atoms with E-state index < -0.39 is 0 Å². The summed E-state index contributed by atoms with van der Waals surface area (Å²) in [5.74, 6) is 0.505. The fraction of sp³-hybridized carbons (Fsp3) is 0.375. The van der Waals surface area contributed by atoms with Gasteiger partial charge in [0.15, 0.2) is 0 Å². The highest BCUT2D eigenvalue weighted by molar-refractivity contribution is 5.88. The Morgan fingerprint density at radius 3 is 2.29 bits per heavy atom. The van der Waals surface area contributed by atoms with Crippen LogP contribution in [0, 0.1) is 12.8 Å². The molecule has 1 N–H and O–H groups in total. The Hall–Kier alpha value is -1.34. The first-order valence-corrected chi connectivity index (χ1v) is 6.26. The smallest absolute Gasteiger partial charge is 0.0798 e. The summed E-state index contributed by atoms with van der Waals surface area (Å²) in [7, 11) is 0. The summed E-state index contributed by atoms with van der Waals surface area (Å²) in [6.07, 6.45) is 0.452. The van der Waals surface area contributed by atoms with Crippen molar-refractivity contribution < 1.29 is 5.11 Å². The highest BCUT2D eigenvalue weighted by Crippen LogP contribution is 2.29. The molecule has 0 saturated heterocycles. The first-order valence-electron chi connectivity index (χ1n) is 6.26. The third-order valence-electron chi connectivity index (χ3n) is 3.23. The lowest BCUT2D eigenvalue weighted by atomic mass is 9.93. The zero-order valence-electron chi connectivity index (χ0n) is 10.8. The molecule has 1 nitrogen and oxygen atoms in total. The summed E-state index contributed by atoms with van der Waals surface area (Å²) in [4.78, 5) is 0. The van der Waals surface area contributed by atoms with Crippen molar-refractivity contribution in [3.8, 4) is 0 Å². The van der Waals surface area contributed by atoms with Gasteiger partial charge in [0, 0.05) is 0 Å². The fourth-order valence-electron chi connectivity index (χ4n) is 2.34. The van der Waals surface area contributed by atoms with Crippen LogP contribution in [0.5, 0.6) is 0 Å². The Kier molecular flexibility index (Phi) is 3.49. The first-order chi connectivity index (χ1) is 8.09. The second-order valence-corrected chi connectivity index (χ2v) is 5.16. The molecule has 0 amide bonds. The van der Waals surface area contributed by atoms with Gasteiger partial charge in [0.05, 0.1) is 6.10 Å². The largest absolute Gasteiger partial charge is 0.388 e. The molecule has 0 saturated carbocycles. The minimum absolute atomic E-state index is 0.361. The van der Waals surface area contributed by atoms with Gasteiger partial charge in [-0.1, -0.05) is 50.2 Å². The minimum Gasteiger partial charge on any atom is -0.388 e. The first kappa shape index (κ1) is 12.1. The summed E-state index contributed by atoms with van der Waals surface area (Å²) in [5, 5.41) is 12.7. The second kappa shape index (κ2) is 4.89. The van der Waals surface area contributed by atoms with Crippen molar-refractivity contribution in [1.29, 1.82) is 0 Å². The molecule has 2 aromatic rings. The van der Waals surface area contributed by atoms with Crippen molar-refractivity contribution in [3.05, 3.63) is 47.5 Å².